The van der Waals surface area contributed by atoms with Crippen molar-refractivity contribution in [2.24, 2.45) is 0 Å². The molecule has 2 aromatic heterocycles. The van der Waals surface area contributed by atoms with Crippen LogP contribution in [0.5, 0.6) is 5.75 Å². The van der Waals surface area contributed by atoms with E-state index in [1.165, 1.54) is 6.26 Å². The lowest BCUT2D eigenvalue weighted by Crippen LogP contribution is -2.13. The van der Waals surface area contributed by atoms with E-state index in [1.54, 1.807) is 36.4 Å². The summed E-state index contributed by atoms with van der Waals surface area (Å²) in [6.07, 6.45) is 1.93. The largest absolute Gasteiger partial charge is 0.494 e. The zero-order valence-corrected chi connectivity index (χ0v) is 17.9. The van der Waals surface area contributed by atoms with Crippen LogP contribution < -0.4 is 15.4 Å². The molecule has 0 radical (unpaired) electrons. The predicted octanol–water partition coefficient (Wildman–Crippen LogP) is 4.55. The highest BCUT2D eigenvalue weighted by Gasteiger charge is 2.12. The average molecular weight is 446 g/mol. The molecule has 0 aliphatic heterocycles. The molecule has 2 aromatic carbocycles. The number of aromatic nitrogens is 2. The summed E-state index contributed by atoms with van der Waals surface area (Å²) < 4.78 is 15.7. The minimum Gasteiger partial charge on any atom is -0.494 e. The van der Waals surface area contributed by atoms with E-state index in [4.69, 9.17) is 13.7 Å². The maximum Gasteiger partial charge on any atom is 0.291 e. The molecule has 0 atom stereocenters. The number of furan rings is 1. The molecule has 33 heavy (non-hydrogen) atoms. The van der Waals surface area contributed by atoms with Gasteiger partial charge >= 0.3 is 0 Å². The van der Waals surface area contributed by atoms with Gasteiger partial charge < -0.3 is 24.3 Å². The van der Waals surface area contributed by atoms with E-state index < -0.39 is 0 Å². The maximum absolute atomic E-state index is 12.3. The molecule has 0 spiro atoms. The molecule has 9 nitrogen and oxygen atoms in total. The first-order valence-corrected chi connectivity index (χ1v) is 10.4. The van der Waals surface area contributed by atoms with E-state index in [-0.39, 0.29) is 24.0 Å². The molecular weight excluding hydrogens is 424 g/mol. The van der Waals surface area contributed by atoms with Gasteiger partial charge in [0.05, 0.1) is 12.9 Å². The summed E-state index contributed by atoms with van der Waals surface area (Å²) in [4.78, 5) is 28.6. The highest BCUT2D eigenvalue weighted by atomic mass is 16.5. The first kappa shape index (κ1) is 21.8. The molecule has 2 N–H and O–H groups in total. The maximum atomic E-state index is 12.3. The van der Waals surface area contributed by atoms with Gasteiger partial charge in [0, 0.05) is 29.8 Å². The number of nitrogens with zero attached hydrogens (tertiary/aromatic N) is 2. The third kappa shape index (κ3) is 5.85. The quantitative estimate of drug-likeness (QED) is 0.387. The van der Waals surface area contributed by atoms with Crippen molar-refractivity contribution in [3.8, 4) is 17.1 Å². The van der Waals surface area contributed by atoms with Crippen molar-refractivity contribution in [3.05, 3.63) is 78.6 Å². The second kappa shape index (κ2) is 10.3. The van der Waals surface area contributed by atoms with Gasteiger partial charge in [0.2, 0.25) is 17.6 Å². The molecule has 0 aliphatic rings. The smallest absolute Gasteiger partial charge is 0.291 e. The van der Waals surface area contributed by atoms with Crippen LogP contribution in [0.2, 0.25) is 0 Å². The molecule has 0 saturated carbocycles. The molecule has 0 saturated heterocycles. The number of nitrogens with one attached hydrogen (secondary N) is 2. The van der Waals surface area contributed by atoms with E-state index in [0.717, 1.165) is 11.3 Å². The number of carbonyl (C=O) groups excluding carboxylic acids is 2. The van der Waals surface area contributed by atoms with E-state index in [9.17, 15) is 9.59 Å². The summed E-state index contributed by atoms with van der Waals surface area (Å²) in [7, 11) is 0. The third-order valence-corrected chi connectivity index (χ3v) is 4.63. The molecule has 2 amide bonds. The minimum absolute atomic E-state index is 0.182. The number of aryl methyl sites for hydroxylation is 1. The highest BCUT2D eigenvalue weighted by molar-refractivity contribution is 6.02. The lowest BCUT2D eigenvalue weighted by Gasteiger charge is -2.07. The monoisotopic (exact) mass is 446 g/mol. The van der Waals surface area contributed by atoms with Crippen molar-refractivity contribution in [1.29, 1.82) is 0 Å². The molecule has 0 aliphatic carbocycles. The standard InChI is InChI=1S/C24H22N4O5/c1-2-31-19-11-5-16(6-12-19)23-27-22(33-28-23)14-13-21(29)25-17-7-9-18(10-8-17)26-24(30)20-4-3-15-32-20/h3-12,15H,2,13-14H2,1H3,(H,25,29)(H,26,30). The number of benzene rings is 2. The molecule has 168 valence electrons. The van der Waals surface area contributed by atoms with Crippen LogP contribution in [0.3, 0.4) is 0 Å². The van der Waals surface area contributed by atoms with Crippen LogP contribution in [-0.4, -0.2) is 28.6 Å². The number of hydrogen-bond acceptors (Lipinski definition) is 7. The Balaban J connectivity index is 1.26. The number of amides is 2. The Labute approximate surface area is 189 Å². The number of ether oxygens (including phenoxy) is 1. The fourth-order valence-corrected chi connectivity index (χ4v) is 3.02. The number of anilines is 2. The first-order valence-electron chi connectivity index (χ1n) is 10.4. The summed E-state index contributed by atoms with van der Waals surface area (Å²) in [6.45, 7) is 2.52. The van der Waals surface area contributed by atoms with Crippen LogP contribution in [-0.2, 0) is 11.2 Å². The second-order valence-electron chi connectivity index (χ2n) is 7.03. The first-order chi connectivity index (χ1) is 16.1. The molecule has 0 unspecified atom stereocenters. The molecular formula is C24H22N4O5. The Morgan fingerprint density at radius 3 is 2.36 bits per heavy atom. The van der Waals surface area contributed by atoms with E-state index in [2.05, 4.69) is 20.8 Å². The summed E-state index contributed by atoms with van der Waals surface area (Å²) in [5.41, 5.74) is 2.00. The summed E-state index contributed by atoms with van der Waals surface area (Å²) in [5, 5.41) is 9.50. The molecule has 4 aromatic rings. The van der Waals surface area contributed by atoms with Gasteiger partial charge in [-0.15, -0.1) is 0 Å². The third-order valence-electron chi connectivity index (χ3n) is 4.63. The van der Waals surface area contributed by atoms with E-state index in [1.807, 2.05) is 31.2 Å². The van der Waals surface area contributed by atoms with Gasteiger partial charge in [-0.3, -0.25) is 9.59 Å². The fourth-order valence-electron chi connectivity index (χ4n) is 3.02. The number of carbonyl (C=O) groups is 2. The lowest BCUT2D eigenvalue weighted by atomic mass is 10.2. The Bertz CT molecular complexity index is 1200. The summed E-state index contributed by atoms with van der Waals surface area (Å²) in [6, 6.07) is 17.4. The van der Waals surface area contributed by atoms with Gasteiger partial charge in [-0.1, -0.05) is 5.16 Å². The Morgan fingerprint density at radius 1 is 0.970 bits per heavy atom. The topological polar surface area (TPSA) is 119 Å². The predicted molar refractivity (Wildman–Crippen MR) is 121 cm³/mol. The van der Waals surface area contributed by atoms with Gasteiger partial charge in [0.15, 0.2) is 5.76 Å². The average Bonchev–Trinajstić information content (AvgIpc) is 3.52. The van der Waals surface area contributed by atoms with Crippen LogP contribution in [0.15, 0.2) is 75.9 Å². The van der Waals surface area contributed by atoms with Crippen LogP contribution in [0.4, 0.5) is 11.4 Å². The molecule has 0 fully saturated rings. The van der Waals surface area contributed by atoms with Gasteiger partial charge in [-0.05, 0) is 67.6 Å². The summed E-state index contributed by atoms with van der Waals surface area (Å²) in [5.74, 6) is 1.29. The van der Waals surface area contributed by atoms with E-state index >= 15 is 0 Å². The highest BCUT2D eigenvalue weighted by Crippen LogP contribution is 2.20. The molecule has 2 heterocycles. The lowest BCUT2D eigenvalue weighted by molar-refractivity contribution is -0.116. The van der Waals surface area contributed by atoms with Crippen molar-refractivity contribution in [2.75, 3.05) is 17.2 Å². The Kier molecular flexibility index (Phi) is 6.79. The second-order valence-corrected chi connectivity index (χ2v) is 7.03. The zero-order valence-electron chi connectivity index (χ0n) is 17.9. The SMILES string of the molecule is CCOc1ccc(-c2noc(CCC(=O)Nc3ccc(NC(=O)c4ccco4)cc3)n2)cc1. The van der Waals surface area contributed by atoms with Crippen LogP contribution in [0.1, 0.15) is 29.8 Å². The van der Waals surface area contributed by atoms with Crippen molar-refractivity contribution < 1.29 is 23.3 Å². The van der Waals surface area contributed by atoms with Crippen molar-refractivity contribution in [1.82, 2.24) is 10.1 Å². The van der Waals surface area contributed by atoms with Gasteiger partial charge in [-0.25, -0.2) is 0 Å². The molecule has 0 bridgehead atoms. The number of rotatable bonds is 9. The number of hydrogen-bond donors (Lipinski definition) is 2. The van der Waals surface area contributed by atoms with Crippen LogP contribution in [0.25, 0.3) is 11.4 Å². The fraction of sp³-hybridized carbons (Fsp3) is 0.167. The van der Waals surface area contributed by atoms with Crippen LogP contribution >= 0.6 is 0 Å². The normalized spacial score (nSPS) is 10.6. The van der Waals surface area contributed by atoms with E-state index in [0.29, 0.717) is 36.1 Å². The van der Waals surface area contributed by atoms with Crippen molar-refractivity contribution in [3.63, 3.8) is 0 Å². The van der Waals surface area contributed by atoms with Crippen LogP contribution in [0, 0.1) is 0 Å². The molecule has 9 heteroatoms. The Morgan fingerprint density at radius 2 is 1.70 bits per heavy atom. The van der Waals surface area contributed by atoms with Crippen molar-refractivity contribution in [2.45, 2.75) is 19.8 Å². The van der Waals surface area contributed by atoms with Gasteiger partial charge in [0.25, 0.3) is 5.91 Å². The van der Waals surface area contributed by atoms with Crippen molar-refractivity contribution >= 4 is 23.2 Å². The zero-order chi connectivity index (χ0) is 23.0. The van der Waals surface area contributed by atoms with Gasteiger partial charge in [-0.2, -0.15) is 4.98 Å². The Hall–Kier alpha value is -4.40. The summed E-state index contributed by atoms with van der Waals surface area (Å²) >= 11 is 0. The van der Waals surface area contributed by atoms with Gasteiger partial charge in [0.1, 0.15) is 5.75 Å². The molecule has 4 rings (SSSR count). The minimum atomic E-state index is -0.346.